The van der Waals surface area contributed by atoms with Crippen molar-refractivity contribution in [3.05, 3.63) is 94.9 Å². The Morgan fingerprint density at radius 2 is 1.65 bits per heavy atom. The van der Waals surface area contributed by atoms with Crippen molar-refractivity contribution >= 4 is 23.1 Å². The van der Waals surface area contributed by atoms with E-state index in [0.717, 1.165) is 10.5 Å². The van der Waals surface area contributed by atoms with Crippen molar-refractivity contribution in [1.29, 1.82) is 0 Å². The van der Waals surface area contributed by atoms with Gasteiger partial charge in [-0.2, -0.15) is 0 Å². The van der Waals surface area contributed by atoms with Gasteiger partial charge in [0.15, 0.2) is 0 Å². The monoisotopic (exact) mass is 460 g/mol. The second kappa shape index (κ2) is 9.79. The van der Waals surface area contributed by atoms with Crippen molar-refractivity contribution in [1.82, 2.24) is 4.90 Å². The van der Waals surface area contributed by atoms with Crippen molar-refractivity contribution < 1.29 is 23.5 Å². The first-order valence-electron chi connectivity index (χ1n) is 10.9. The molecule has 7 heteroatoms. The Balaban J connectivity index is 1.75. The molecule has 0 bridgehead atoms. The minimum atomic E-state index is -0.471. The molecule has 1 aliphatic heterocycles. The molecule has 0 aliphatic carbocycles. The number of nitrogens with zero attached hydrogens (tertiary/aromatic N) is 1. The number of hydrogen-bond donors (Lipinski definition) is 1. The topological polar surface area (TPSA) is 67.9 Å². The van der Waals surface area contributed by atoms with E-state index in [2.05, 4.69) is 5.32 Å². The van der Waals surface area contributed by atoms with E-state index in [-0.39, 0.29) is 23.6 Å². The fourth-order valence-corrected chi connectivity index (χ4v) is 3.81. The summed E-state index contributed by atoms with van der Waals surface area (Å²) in [5.41, 5.74) is 3.16. The molecule has 1 heterocycles. The van der Waals surface area contributed by atoms with Gasteiger partial charge in [-0.05, 0) is 66.9 Å². The number of carbonyl (C=O) groups is 2. The van der Waals surface area contributed by atoms with Crippen LogP contribution in [0, 0.1) is 12.7 Å². The lowest BCUT2D eigenvalue weighted by Crippen LogP contribution is -2.32. The molecule has 0 radical (unpaired) electrons. The highest BCUT2D eigenvalue weighted by Crippen LogP contribution is 2.35. The average Bonchev–Trinajstić information content (AvgIpc) is 3.05. The lowest BCUT2D eigenvalue weighted by molar-refractivity contribution is -0.137. The maximum atomic E-state index is 13.5. The normalized spacial score (nSPS) is 13.5. The molecule has 0 saturated heterocycles. The van der Waals surface area contributed by atoms with E-state index in [1.165, 1.54) is 12.1 Å². The predicted octanol–water partition coefficient (Wildman–Crippen LogP) is 4.93. The minimum absolute atomic E-state index is 0.0224. The van der Waals surface area contributed by atoms with Gasteiger partial charge in [-0.1, -0.05) is 30.3 Å². The highest BCUT2D eigenvalue weighted by Gasteiger charge is 2.39. The first-order chi connectivity index (χ1) is 16.4. The third kappa shape index (κ3) is 4.64. The zero-order chi connectivity index (χ0) is 24.2. The van der Waals surface area contributed by atoms with E-state index >= 15 is 0 Å². The standard InChI is InChI=1S/C27H25FN2O4/c1-4-34-21-12-8-19(9-13-21)24-25(29-22-15-17(2)5-14-23(22)33-3)27(32)30(26(24)31)16-18-6-10-20(28)11-7-18/h5-15,29H,4,16H2,1-3H3. The van der Waals surface area contributed by atoms with Gasteiger partial charge in [-0.15, -0.1) is 0 Å². The van der Waals surface area contributed by atoms with Crippen LogP contribution in [0.25, 0.3) is 5.57 Å². The first kappa shape index (κ1) is 23.0. The van der Waals surface area contributed by atoms with E-state index in [0.29, 0.717) is 34.9 Å². The van der Waals surface area contributed by atoms with E-state index < -0.39 is 11.8 Å². The van der Waals surface area contributed by atoms with E-state index in [1.807, 2.05) is 26.0 Å². The number of aryl methyl sites for hydroxylation is 1. The number of amides is 2. The van der Waals surface area contributed by atoms with Gasteiger partial charge in [0.05, 0.1) is 31.5 Å². The Morgan fingerprint density at radius 3 is 2.29 bits per heavy atom. The third-order valence-electron chi connectivity index (χ3n) is 5.49. The predicted molar refractivity (Wildman–Crippen MR) is 128 cm³/mol. The first-order valence-corrected chi connectivity index (χ1v) is 10.9. The van der Waals surface area contributed by atoms with Gasteiger partial charge in [0.1, 0.15) is 23.0 Å². The molecule has 0 aromatic heterocycles. The van der Waals surface area contributed by atoms with Crippen LogP contribution < -0.4 is 14.8 Å². The Hall–Kier alpha value is -4.13. The molecule has 3 aromatic carbocycles. The number of imide groups is 1. The largest absolute Gasteiger partial charge is 0.495 e. The molecule has 6 nitrogen and oxygen atoms in total. The SMILES string of the molecule is CCOc1ccc(C2=C(Nc3cc(C)ccc3OC)C(=O)N(Cc3ccc(F)cc3)C2=O)cc1. The van der Waals surface area contributed by atoms with Gasteiger partial charge in [-0.3, -0.25) is 14.5 Å². The quantitative estimate of drug-likeness (QED) is 0.483. The summed E-state index contributed by atoms with van der Waals surface area (Å²) in [6.07, 6.45) is 0. The number of anilines is 1. The summed E-state index contributed by atoms with van der Waals surface area (Å²) in [5.74, 6) is -0.0812. The lowest BCUT2D eigenvalue weighted by atomic mass is 10.0. The van der Waals surface area contributed by atoms with Gasteiger partial charge >= 0.3 is 0 Å². The van der Waals surface area contributed by atoms with Crippen molar-refractivity contribution in [2.75, 3.05) is 19.0 Å². The summed E-state index contributed by atoms with van der Waals surface area (Å²) in [4.78, 5) is 28.1. The molecule has 1 aliphatic rings. The van der Waals surface area contributed by atoms with Crippen molar-refractivity contribution in [3.8, 4) is 11.5 Å². The van der Waals surface area contributed by atoms with Crippen LogP contribution in [0.1, 0.15) is 23.6 Å². The van der Waals surface area contributed by atoms with Crippen LogP contribution in [0.3, 0.4) is 0 Å². The third-order valence-corrected chi connectivity index (χ3v) is 5.49. The van der Waals surface area contributed by atoms with Crippen molar-refractivity contribution in [3.63, 3.8) is 0 Å². The number of rotatable bonds is 8. The number of carbonyl (C=O) groups excluding carboxylic acids is 2. The van der Waals surface area contributed by atoms with Crippen molar-refractivity contribution in [2.24, 2.45) is 0 Å². The average molecular weight is 461 g/mol. The molecule has 0 saturated carbocycles. The van der Waals surface area contributed by atoms with Gasteiger partial charge < -0.3 is 14.8 Å². The maximum Gasteiger partial charge on any atom is 0.278 e. The van der Waals surface area contributed by atoms with Gasteiger partial charge in [0, 0.05) is 0 Å². The zero-order valence-corrected chi connectivity index (χ0v) is 19.2. The molecule has 174 valence electrons. The van der Waals surface area contributed by atoms with Crippen LogP contribution in [0.4, 0.5) is 10.1 Å². The van der Waals surface area contributed by atoms with Crippen LogP contribution in [-0.2, 0) is 16.1 Å². The fraction of sp³-hybridized carbons (Fsp3) is 0.185. The number of ether oxygens (including phenoxy) is 2. The van der Waals surface area contributed by atoms with Gasteiger partial charge in [0.2, 0.25) is 0 Å². The number of benzene rings is 3. The molecular weight excluding hydrogens is 435 g/mol. The highest BCUT2D eigenvalue weighted by atomic mass is 19.1. The Labute approximate surface area is 197 Å². The summed E-state index contributed by atoms with van der Waals surface area (Å²) >= 11 is 0. The number of nitrogens with one attached hydrogen (secondary N) is 1. The lowest BCUT2D eigenvalue weighted by Gasteiger charge is -2.16. The summed E-state index contributed by atoms with van der Waals surface area (Å²) in [7, 11) is 1.54. The second-order valence-corrected chi connectivity index (χ2v) is 7.86. The van der Waals surface area contributed by atoms with Crippen LogP contribution in [-0.4, -0.2) is 30.4 Å². The molecule has 34 heavy (non-hydrogen) atoms. The summed E-state index contributed by atoms with van der Waals surface area (Å²) in [6.45, 7) is 4.36. The van der Waals surface area contributed by atoms with Crippen LogP contribution >= 0.6 is 0 Å². The molecule has 2 amide bonds. The Bertz CT molecular complexity index is 1250. The molecule has 4 rings (SSSR count). The molecule has 3 aromatic rings. The zero-order valence-electron chi connectivity index (χ0n) is 19.2. The molecule has 1 N–H and O–H groups in total. The molecule has 0 atom stereocenters. The van der Waals surface area contributed by atoms with Crippen molar-refractivity contribution in [2.45, 2.75) is 20.4 Å². The van der Waals surface area contributed by atoms with Gasteiger partial charge in [-0.25, -0.2) is 4.39 Å². The summed E-state index contributed by atoms with van der Waals surface area (Å²) < 4.78 is 24.3. The maximum absolute atomic E-state index is 13.5. The highest BCUT2D eigenvalue weighted by molar-refractivity contribution is 6.36. The Morgan fingerprint density at radius 1 is 0.941 bits per heavy atom. The summed E-state index contributed by atoms with van der Waals surface area (Å²) in [6, 6.07) is 18.3. The van der Waals surface area contributed by atoms with Gasteiger partial charge in [0.25, 0.3) is 11.8 Å². The number of halogens is 1. The van der Waals surface area contributed by atoms with E-state index in [4.69, 9.17) is 9.47 Å². The van der Waals surface area contributed by atoms with Crippen LogP contribution in [0.2, 0.25) is 0 Å². The smallest absolute Gasteiger partial charge is 0.278 e. The molecule has 0 spiro atoms. The van der Waals surface area contributed by atoms with E-state index in [1.54, 1.807) is 49.6 Å². The molecule has 0 fully saturated rings. The molecule has 0 unspecified atom stereocenters. The number of hydrogen-bond acceptors (Lipinski definition) is 5. The Kier molecular flexibility index (Phi) is 6.63. The fourth-order valence-electron chi connectivity index (χ4n) is 3.81. The van der Waals surface area contributed by atoms with Crippen LogP contribution in [0.15, 0.2) is 72.4 Å². The van der Waals surface area contributed by atoms with Crippen LogP contribution in [0.5, 0.6) is 11.5 Å². The minimum Gasteiger partial charge on any atom is -0.495 e. The second-order valence-electron chi connectivity index (χ2n) is 7.86. The van der Waals surface area contributed by atoms with E-state index in [9.17, 15) is 14.0 Å². The number of methoxy groups -OCH3 is 1. The molecular formula is C27H25FN2O4. The summed E-state index contributed by atoms with van der Waals surface area (Å²) in [5, 5.41) is 3.15.